The van der Waals surface area contributed by atoms with Crippen LogP contribution in [0.3, 0.4) is 0 Å². The third-order valence-corrected chi connectivity index (χ3v) is 4.63. The molecule has 0 saturated heterocycles. The monoisotopic (exact) mass is 332 g/mol. The first-order valence-corrected chi connectivity index (χ1v) is 7.82. The smallest absolute Gasteiger partial charge is 0.347 e. The molecule has 0 spiro atoms. The molecule has 2 heterocycles. The Kier molecular flexibility index (Phi) is 3.30. The largest absolute Gasteiger partial charge is 0.416 e. The van der Waals surface area contributed by atoms with Crippen LogP contribution >= 0.6 is 0 Å². The second-order valence-electron chi connectivity index (χ2n) is 6.11. The molecule has 0 aliphatic carbocycles. The van der Waals surface area contributed by atoms with E-state index in [1.807, 2.05) is 12.1 Å². The summed E-state index contributed by atoms with van der Waals surface area (Å²) in [6.45, 7) is 0.760. The van der Waals surface area contributed by atoms with Crippen molar-refractivity contribution in [2.45, 2.75) is 25.2 Å². The van der Waals surface area contributed by atoms with Crippen molar-refractivity contribution < 1.29 is 18.0 Å². The Labute approximate surface area is 137 Å². The minimum absolute atomic E-state index is 0.185. The van der Waals surface area contributed by atoms with Gasteiger partial charge >= 0.3 is 6.18 Å². The molecule has 0 radical (unpaired) electrons. The summed E-state index contributed by atoms with van der Waals surface area (Å²) in [7, 11) is 0. The summed E-state index contributed by atoms with van der Waals surface area (Å²) in [4.78, 5) is 14.5. The number of halogens is 3. The van der Waals surface area contributed by atoms with Gasteiger partial charge < -0.3 is 10.2 Å². The number of nitrogens with one attached hydrogen (secondary N) is 1. The predicted molar refractivity (Wildman–Crippen MR) is 83.8 cm³/mol. The van der Waals surface area contributed by atoms with Crippen LogP contribution in [-0.2, 0) is 12.6 Å². The summed E-state index contributed by atoms with van der Waals surface area (Å²) in [6.07, 6.45) is -2.94. The second-order valence-corrected chi connectivity index (χ2v) is 6.11. The Balaban J connectivity index is 1.75. The van der Waals surface area contributed by atoms with Crippen LogP contribution in [0.15, 0.2) is 42.5 Å². The zero-order chi connectivity index (χ0) is 16.9. The lowest BCUT2D eigenvalue weighted by atomic mass is 9.93. The van der Waals surface area contributed by atoms with Crippen LogP contribution in [0.5, 0.6) is 0 Å². The fourth-order valence-electron chi connectivity index (χ4n) is 3.52. The molecule has 2 aromatic carbocycles. The number of amides is 1. The van der Waals surface area contributed by atoms with Gasteiger partial charge in [-0.2, -0.15) is 13.2 Å². The van der Waals surface area contributed by atoms with Gasteiger partial charge in [-0.15, -0.1) is 0 Å². The number of anilines is 1. The minimum Gasteiger partial charge on any atom is -0.347 e. The van der Waals surface area contributed by atoms with Crippen LogP contribution in [0.2, 0.25) is 0 Å². The Morgan fingerprint density at radius 3 is 2.54 bits per heavy atom. The SMILES string of the molecule is O=C1N[C@@H](c2ccc(C(F)(F)F)cc2)N2CCCc3cccc1c32. The van der Waals surface area contributed by atoms with Crippen molar-refractivity contribution in [1.82, 2.24) is 5.32 Å². The van der Waals surface area contributed by atoms with Crippen molar-refractivity contribution >= 4 is 11.6 Å². The number of alkyl halides is 3. The molecule has 2 aliphatic rings. The molecule has 24 heavy (non-hydrogen) atoms. The van der Waals surface area contributed by atoms with Crippen LogP contribution in [0.1, 0.15) is 39.6 Å². The van der Waals surface area contributed by atoms with Crippen molar-refractivity contribution in [3.8, 4) is 0 Å². The zero-order valence-corrected chi connectivity index (χ0v) is 12.7. The third kappa shape index (κ3) is 2.33. The summed E-state index contributed by atoms with van der Waals surface area (Å²) in [5.74, 6) is -0.185. The van der Waals surface area contributed by atoms with Crippen LogP contribution in [0.25, 0.3) is 0 Å². The number of para-hydroxylation sites is 1. The van der Waals surface area contributed by atoms with E-state index >= 15 is 0 Å². The molecule has 6 heteroatoms. The van der Waals surface area contributed by atoms with Crippen molar-refractivity contribution in [3.63, 3.8) is 0 Å². The first-order valence-electron chi connectivity index (χ1n) is 7.82. The summed E-state index contributed by atoms with van der Waals surface area (Å²) in [5.41, 5.74) is 2.63. The van der Waals surface area contributed by atoms with E-state index in [-0.39, 0.29) is 5.91 Å². The quantitative estimate of drug-likeness (QED) is 0.859. The molecule has 0 bridgehead atoms. The molecule has 0 fully saturated rings. The average Bonchev–Trinajstić information content (AvgIpc) is 2.57. The van der Waals surface area contributed by atoms with Crippen molar-refractivity contribution in [1.29, 1.82) is 0 Å². The number of hydrogen-bond donors (Lipinski definition) is 1. The molecule has 0 saturated carbocycles. The molecule has 2 aliphatic heterocycles. The maximum atomic E-state index is 12.7. The second kappa shape index (κ2) is 5.26. The zero-order valence-electron chi connectivity index (χ0n) is 12.7. The molecule has 1 N–H and O–H groups in total. The number of carbonyl (C=O) groups is 1. The molecule has 2 aromatic rings. The minimum atomic E-state index is -4.36. The Hall–Kier alpha value is -2.50. The van der Waals surface area contributed by atoms with Gasteiger partial charge in [0.05, 0.1) is 16.8 Å². The summed E-state index contributed by atoms with van der Waals surface area (Å²) in [6, 6.07) is 10.7. The van der Waals surface area contributed by atoms with E-state index in [0.717, 1.165) is 42.8 Å². The van der Waals surface area contributed by atoms with E-state index in [1.165, 1.54) is 12.1 Å². The van der Waals surface area contributed by atoms with Gasteiger partial charge in [-0.1, -0.05) is 24.3 Å². The topological polar surface area (TPSA) is 32.3 Å². The lowest BCUT2D eigenvalue weighted by Crippen LogP contribution is -2.48. The van der Waals surface area contributed by atoms with Crippen LogP contribution in [-0.4, -0.2) is 12.5 Å². The molecule has 1 atom stereocenters. The Bertz CT molecular complexity index is 799. The third-order valence-electron chi connectivity index (χ3n) is 4.63. The lowest BCUT2D eigenvalue weighted by Gasteiger charge is -2.42. The van der Waals surface area contributed by atoms with Gasteiger partial charge in [0.25, 0.3) is 5.91 Å². The van der Waals surface area contributed by atoms with Gasteiger partial charge in [-0.25, -0.2) is 0 Å². The van der Waals surface area contributed by atoms with E-state index in [0.29, 0.717) is 11.1 Å². The van der Waals surface area contributed by atoms with E-state index < -0.39 is 17.9 Å². The van der Waals surface area contributed by atoms with E-state index in [2.05, 4.69) is 10.2 Å². The summed E-state index contributed by atoms with van der Waals surface area (Å²) in [5, 5.41) is 2.91. The van der Waals surface area contributed by atoms with Gasteiger partial charge in [0, 0.05) is 6.54 Å². The summed E-state index contributed by atoms with van der Waals surface area (Å²) >= 11 is 0. The van der Waals surface area contributed by atoms with E-state index in [1.54, 1.807) is 6.07 Å². The first-order chi connectivity index (χ1) is 11.4. The van der Waals surface area contributed by atoms with Crippen LogP contribution in [0.4, 0.5) is 18.9 Å². The van der Waals surface area contributed by atoms with Crippen LogP contribution < -0.4 is 10.2 Å². The first kappa shape index (κ1) is 15.1. The Morgan fingerprint density at radius 1 is 1.08 bits per heavy atom. The van der Waals surface area contributed by atoms with Gasteiger partial charge in [0.2, 0.25) is 0 Å². The highest BCUT2D eigenvalue weighted by atomic mass is 19.4. The highest BCUT2D eigenvalue weighted by molar-refractivity contribution is 6.03. The maximum Gasteiger partial charge on any atom is 0.416 e. The number of benzene rings is 2. The van der Waals surface area contributed by atoms with Crippen LogP contribution in [0, 0.1) is 0 Å². The average molecular weight is 332 g/mol. The number of nitrogens with zero attached hydrogens (tertiary/aromatic N) is 1. The summed E-state index contributed by atoms with van der Waals surface area (Å²) < 4.78 is 38.2. The fraction of sp³-hybridized carbons (Fsp3) is 0.278. The van der Waals surface area contributed by atoms with E-state index in [9.17, 15) is 18.0 Å². The number of aryl methyl sites for hydroxylation is 1. The normalized spacial score (nSPS) is 19.7. The van der Waals surface area contributed by atoms with E-state index in [4.69, 9.17) is 0 Å². The highest BCUT2D eigenvalue weighted by Gasteiger charge is 2.36. The maximum absolute atomic E-state index is 12.7. The molecular formula is C18H15F3N2O. The molecule has 1 amide bonds. The molecule has 3 nitrogen and oxygen atoms in total. The Morgan fingerprint density at radius 2 is 1.83 bits per heavy atom. The lowest BCUT2D eigenvalue weighted by molar-refractivity contribution is -0.137. The molecule has 0 aromatic heterocycles. The van der Waals surface area contributed by atoms with Crippen molar-refractivity contribution in [2.75, 3.05) is 11.4 Å². The van der Waals surface area contributed by atoms with Gasteiger partial charge in [0.1, 0.15) is 6.17 Å². The van der Waals surface area contributed by atoms with Gasteiger partial charge in [-0.05, 0) is 42.2 Å². The number of hydrogen-bond acceptors (Lipinski definition) is 2. The standard InChI is InChI=1S/C18H15F3N2O/c19-18(20,21)13-8-6-12(7-9-13)16-22-17(24)14-5-1-3-11-4-2-10-23(16)15(11)14/h1,3,5-9,16H,2,4,10H2,(H,22,24)/t16-/m1/s1. The van der Waals surface area contributed by atoms with Gasteiger partial charge in [0.15, 0.2) is 0 Å². The highest BCUT2D eigenvalue weighted by Crippen LogP contribution is 2.39. The fourth-order valence-corrected chi connectivity index (χ4v) is 3.52. The number of carbonyl (C=O) groups excluding carboxylic acids is 1. The predicted octanol–water partition coefficient (Wildman–Crippen LogP) is 3.90. The molecule has 4 rings (SSSR count). The molecule has 0 unspecified atom stereocenters. The van der Waals surface area contributed by atoms with Crippen molar-refractivity contribution in [2.24, 2.45) is 0 Å². The number of rotatable bonds is 1. The van der Waals surface area contributed by atoms with Gasteiger partial charge in [-0.3, -0.25) is 4.79 Å². The molecular weight excluding hydrogens is 317 g/mol. The molecule has 124 valence electrons. The van der Waals surface area contributed by atoms with Crippen molar-refractivity contribution in [3.05, 3.63) is 64.7 Å².